The molecule has 0 bridgehead atoms. The first-order chi connectivity index (χ1) is 15.9. The van der Waals surface area contributed by atoms with Crippen LogP contribution in [-0.4, -0.2) is 59.0 Å². The summed E-state index contributed by atoms with van der Waals surface area (Å²) in [6, 6.07) is 11.8. The highest BCUT2D eigenvalue weighted by Gasteiger charge is 2.26. The molecule has 8 heteroatoms. The molecule has 3 rings (SSSR count). The van der Waals surface area contributed by atoms with Crippen LogP contribution in [0.25, 0.3) is 0 Å². The van der Waals surface area contributed by atoms with Crippen LogP contribution in [-0.2, 0) is 27.2 Å². The molecule has 1 fully saturated rings. The maximum atomic E-state index is 12.5. The number of aliphatic carboxylic acids is 1. The van der Waals surface area contributed by atoms with E-state index in [0.717, 1.165) is 24.1 Å². The topological polar surface area (TPSA) is 109 Å². The van der Waals surface area contributed by atoms with Crippen LogP contribution in [0.1, 0.15) is 36.9 Å². The number of carbonyl (C=O) groups excluding carboxylic acids is 2. The summed E-state index contributed by atoms with van der Waals surface area (Å²) in [7, 11) is 1.57. The van der Waals surface area contributed by atoms with E-state index in [1.165, 1.54) is 0 Å². The minimum atomic E-state index is -1.06. The largest absolute Gasteiger partial charge is 0.497 e. The quantitative estimate of drug-likeness (QED) is 0.572. The molecule has 1 atom stereocenters. The van der Waals surface area contributed by atoms with E-state index in [1.807, 2.05) is 23.1 Å². The van der Waals surface area contributed by atoms with Crippen LogP contribution < -0.4 is 10.1 Å². The Labute approximate surface area is 194 Å². The van der Waals surface area contributed by atoms with Gasteiger partial charge in [0.15, 0.2) is 0 Å². The van der Waals surface area contributed by atoms with Crippen molar-refractivity contribution in [2.45, 2.75) is 44.6 Å². The number of carbonyl (C=O) groups is 3. The summed E-state index contributed by atoms with van der Waals surface area (Å²) in [6.45, 7) is 1.24. The fourth-order valence-corrected chi connectivity index (χ4v) is 4.04. The molecule has 176 valence electrons. The number of hydrogen-bond donors (Lipinski definition) is 2. The summed E-state index contributed by atoms with van der Waals surface area (Å²) in [6.07, 6.45) is 4.71. The van der Waals surface area contributed by atoms with Crippen molar-refractivity contribution in [2.24, 2.45) is 5.92 Å². The standard InChI is InChI=1S/C25H31N3O5/c1-33-21-8-5-18(6-9-21)16-22(25(31)32)27-23(29)17-19-11-14-28(15-12-19)24(30)10-7-20-4-2-3-13-26-20/h2-6,8-9,13,19,22H,7,10-12,14-17H2,1H3,(H,27,29)(H,31,32)/t22-/m0/s1. The molecule has 0 aliphatic carbocycles. The molecule has 1 aliphatic rings. The number of piperidine rings is 1. The zero-order valence-corrected chi connectivity index (χ0v) is 18.9. The second kappa shape index (κ2) is 12.0. The van der Waals surface area contributed by atoms with E-state index >= 15 is 0 Å². The van der Waals surface area contributed by atoms with E-state index in [-0.39, 0.29) is 30.6 Å². The molecule has 33 heavy (non-hydrogen) atoms. The monoisotopic (exact) mass is 453 g/mol. The second-order valence-corrected chi connectivity index (χ2v) is 8.36. The molecule has 1 aromatic heterocycles. The van der Waals surface area contributed by atoms with Gasteiger partial charge in [-0.2, -0.15) is 0 Å². The first-order valence-corrected chi connectivity index (χ1v) is 11.3. The number of aromatic nitrogens is 1. The van der Waals surface area contributed by atoms with Gasteiger partial charge in [-0.1, -0.05) is 18.2 Å². The Bertz CT molecular complexity index is 925. The van der Waals surface area contributed by atoms with Crippen molar-refractivity contribution in [1.29, 1.82) is 0 Å². The number of rotatable bonds is 10. The number of nitrogens with one attached hydrogen (secondary N) is 1. The normalized spacial score (nSPS) is 15.0. The van der Waals surface area contributed by atoms with Gasteiger partial charge in [-0.3, -0.25) is 14.6 Å². The predicted octanol–water partition coefficient (Wildman–Crippen LogP) is 2.46. The third-order valence-electron chi connectivity index (χ3n) is 5.99. The Kier molecular flexibility index (Phi) is 8.80. The lowest BCUT2D eigenvalue weighted by atomic mass is 9.92. The number of carboxylic acid groups (broad SMARTS) is 1. The number of amides is 2. The smallest absolute Gasteiger partial charge is 0.326 e. The van der Waals surface area contributed by atoms with Gasteiger partial charge < -0.3 is 20.1 Å². The minimum absolute atomic E-state index is 0.106. The van der Waals surface area contributed by atoms with Crippen LogP contribution in [0.4, 0.5) is 0 Å². The fourth-order valence-electron chi connectivity index (χ4n) is 4.04. The van der Waals surface area contributed by atoms with Gasteiger partial charge in [-0.25, -0.2) is 4.79 Å². The number of ether oxygens (including phenoxy) is 1. The van der Waals surface area contributed by atoms with Gasteiger partial charge in [-0.05, 0) is 55.0 Å². The van der Waals surface area contributed by atoms with Crippen LogP contribution in [0, 0.1) is 5.92 Å². The van der Waals surface area contributed by atoms with Gasteiger partial charge >= 0.3 is 5.97 Å². The number of likely N-dealkylation sites (tertiary alicyclic amines) is 1. The van der Waals surface area contributed by atoms with Gasteiger partial charge in [0.05, 0.1) is 7.11 Å². The highest BCUT2D eigenvalue weighted by atomic mass is 16.5. The molecule has 0 radical (unpaired) electrons. The summed E-state index contributed by atoms with van der Waals surface area (Å²) in [5.74, 6) is -0.395. The average molecular weight is 454 g/mol. The average Bonchev–Trinajstić information content (AvgIpc) is 2.83. The highest BCUT2D eigenvalue weighted by molar-refractivity contribution is 5.84. The van der Waals surface area contributed by atoms with Crippen LogP contribution in [0.5, 0.6) is 5.75 Å². The number of nitrogens with zero attached hydrogens (tertiary/aromatic N) is 2. The van der Waals surface area contributed by atoms with E-state index in [9.17, 15) is 19.5 Å². The maximum Gasteiger partial charge on any atom is 0.326 e. The van der Waals surface area contributed by atoms with Gasteiger partial charge in [0.1, 0.15) is 11.8 Å². The molecule has 0 unspecified atom stereocenters. The second-order valence-electron chi connectivity index (χ2n) is 8.36. The number of methoxy groups -OCH3 is 1. The highest BCUT2D eigenvalue weighted by Crippen LogP contribution is 2.21. The van der Waals surface area contributed by atoms with E-state index in [1.54, 1.807) is 37.6 Å². The molecule has 2 N–H and O–H groups in total. The van der Waals surface area contributed by atoms with Crippen LogP contribution >= 0.6 is 0 Å². The molecular weight excluding hydrogens is 422 g/mol. The Hall–Kier alpha value is -3.42. The van der Waals surface area contributed by atoms with Gasteiger partial charge in [0.25, 0.3) is 0 Å². The lowest BCUT2D eigenvalue weighted by molar-refractivity contribution is -0.142. The van der Waals surface area contributed by atoms with Crippen molar-refractivity contribution >= 4 is 17.8 Å². The summed E-state index contributed by atoms with van der Waals surface area (Å²) in [5, 5.41) is 12.2. The number of benzene rings is 1. The van der Waals surface area contributed by atoms with Gasteiger partial charge in [0, 0.05) is 44.2 Å². The first kappa shape index (κ1) is 24.2. The molecule has 2 amide bonds. The molecule has 0 spiro atoms. The number of aryl methyl sites for hydroxylation is 1. The SMILES string of the molecule is COc1ccc(C[C@H](NC(=O)CC2CCN(C(=O)CCc3ccccn3)CC2)C(=O)O)cc1. The molecule has 1 aromatic carbocycles. The zero-order valence-electron chi connectivity index (χ0n) is 18.9. The van der Waals surface area contributed by atoms with Crippen molar-refractivity contribution in [3.63, 3.8) is 0 Å². The van der Waals surface area contributed by atoms with Crippen molar-refractivity contribution in [2.75, 3.05) is 20.2 Å². The van der Waals surface area contributed by atoms with Crippen LogP contribution in [0.15, 0.2) is 48.7 Å². The molecule has 1 saturated heterocycles. The van der Waals surface area contributed by atoms with Crippen molar-refractivity contribution in [3.05, 3.63) is 59.9 Å². The van der Waals surface area contributed by atoms with Crippen molar-refractivity contribution < 1.29 is 24.2 Å². The molecule has 2 heterocycles. The Morgan fingerprint density at radius 2 is 1.88 bits per heavy atom. The molecule has 2 aromatic rings. The predicted molar refractivity (Wildman–Crippen MR) is 123 cm³/mol. The number of pyridine rings is 1. The summed E-state index contributed by atoms with van der Waals surface area (Å²) < 4.78 is 5.11. The summed E-state index contributed by atoms with van der Waals surface area (Å²) in [5.41, 5.74) is 1.71. The summed E-state index contributed by atoms with van der Waals surface area (Å²) in [4.78, 5) is 42.7. The Morgan fingerprint density at radius 3 is 2.48 bits per heavy atom. The lowest BCUT2D eigenvalue weighted by Gasteiger charge is -2.32. The molecular formula is C25H31N3O5. The summed E-state index contributed by atoms with van der Waals surface area (Å²) >= 11 is 0. The van der Waals surface area contributed by atoms with Crippen LogP contribution in [0.3, 0.4) is 0 Å². The zero-order chi connectivity index (χ0) is 23.6. The van der Waals surface area contributed by atoms with Crippen LogP contribution in [0.2, 0.25) is 0 Å². The Morgan fingerprint density at radius 1 is 1.15 bits per heavy atom. The maximum absolute atomic E-state index is 12.5. The first-order valence-electron chi connectivity index (χ1n) is 11.3. The fraction of sp³-hybridized carbons (Fsp3) is 0.440. The molecule has 1 aliphatic heterocycles. The van der Waals surface area contributed by atoms with E-state index in [2.05, 4.69) is 10.3 Å². The van der Waals surface area contributed by atoms with E-state index < -0.39 is 12.0 Å². The van der Waals surface area contributed by atoms with Crippen molar-refractivity contribution in [1.82, 2.24) is 15.2 Å². The van der Waals surface area contributed by atoms with E-state index in [4.69, 9.17) is 4.74 Å². The molecule has 8 nitrogen and oxygen atoms in total. The van der Waals surface area contributed by atoms with Gasteiger partial charge in [0.2, 0.25) is 11.8 Å². The van der Waals surface area contributed by atoms with Gasteiger partial charge in [-0.15, -0.1) is 0 Å². The number of carboxylic acids is 1. The van der Waals surface area contributed by atoms with E-state index in [0.29, 0.717) is 31.7 Å². The lowest BCUT2D eigenvalue weighted by Crippen LogP contribution is -2.44. The third-order valence-corrected chi connectivity index (χ3v) is 5.99. The molecule has 0 saturated carbocycles. The number of hydrogen-bond acceptors (Lipinski definition) is 5. The minimum Gasteiger partial charge on any atom is -0.497 e. The van der Waals surface area contributed by atoms with Crippen molar-refractivity contribution in [3.8, 4) is 5.75 Å². The Balaban J connectivity index is 1.41. The third kappa shape index (κ3) is 7.59.